The van der Waals surface area contributed by atoms with Gasteiger partial charge in [0.25, 0.3) is 0 Å². The Balaban J connectivity index is 1.65. The highest BCUT2D eigenvalue weighted by Crippen LogP contribution is 2.26. The topological polar surface area (TPSA) is 93.6 Å². The van der Waals surface area contributed by atoms with E-state index in [2.05, 4.69) is 15.3 Å². The van der Waals surface area contributed by atoms with Gasteiger partial charge in [0.15, 0.2) is 0 Å². The fourth-order valence-electron chi connectivity index (χ4n) is 3.14. The number of nitrogens with zero attached hydrogens (tertiary/aromatic N) is 2. The standard InChI is InChI=1S/C24H26ClN3O4/c1-14-6-5-7-21(17(14)4)31-9-8-26-24-27-12-19(23(29)30)20(28-24)13-32-18-10-15(2)22(25)16(3)11-18/h5-7,10-12H,8-9,13H2,1-4H3,(H,29,30)(H,26,27,28). The maximum atomic E-state index is 11.6. The minimum atomic E-state index is -1.11. The first-order valence-corrected chi connectivity index (χ1v) is 10.6. The number of rotatable bonds is 9. The number of ether oxygens (including phenoxy) is 2. The molecule has 0 bridgehead atoms. The summed E-state index contributed by atoms with van der Waals surface area (Å²) < 4.78 is 11.6. The van der Waals surface area contributed by atoms with E-state index in [1.54, 1.807) is 12.1 Å². The molecule has 32 heavy (non-hydrogen) atoms. The molecule has 0 aliphatic heterocycles. The summed E-state index contributed by atoms with van der Waals surface area (Å²) in [5.41, 5.74) is 4.30. The SMILES string of the molecule is Cc1cccc(OCCNc2ncc(C(=O)O)c(COc3cc(C)c(Cl)c(C)c3)n2)c1C. The van der Waals surface area contributed by atoms with E-state index in [4.69, 9.17) is 21.1 Å². The number of benzene rings is 2. The second-order valence-corrected chi connectivity index (χ2v) is 7.87. The summed E-state index contributed by atoms with van der Waals surface area (Å²) in [5.74, 6) is 0.617. The molecule has 168 valence electrons. The molecule has 0 aliphatic carbocycles. The van der Waals surface area contributed by atoms with Crippen molar-refractivity contribution in [3.05, 3.63) is 75.1 Å². The van der Waals surface area contributed by atoms with Gasteiger partial charge in [-0.05, 0) is 68.1 Å². The van der Waals surface area contributed by atoms with Crippen molar-refractivity contribution in [3.63, 3.8) is 0 Å². The second kappa shape index (κ2) is 10.3. The van der Waals surface area contributed by atoms with E-state index in [-0.39, 0.29) is 17.9 Å². The maximum absolute atomic E-state index is 11.6. The molecule has 0 fully saturated rings. The first-order valence-electron chi connectivity index (χ1n) is 10.2. The number of nitrogens with one attached hydrogen (secondary N) is 1. The second-order valence-electron chi connectivity index (χ2n) is 7.49. The quantitative estimate of drug-likeness (QED) is 0.432. The number of carbonyl (C=O) groups is 1. The largest absolute Gasteiger partial charge is 0.491 e. The Hall–Kier alpha value is -3.32. The number of aryl methyl sites for hydroxylation is 3. The normalized spacial score (nSPS) is 10.7. The van der Waals surface area contributed by atoms with Crippen LogP contribution >= 0.6 is 11.6 Å². The van der Waals surface area contributed by atoms with Crippen LogP contribution in [0.2, 0.25) is 5.02 Å². The zero-order valence-corrected chi connectivity index (χ0v) is 19.3. The van der Waals surface area contributed by atoms with Gasteiger partial charge in [-0.15, -0.1) is 0 Å². The predicted octanol–water partition coefficient (Wildman–Crippen LogP) is 5.13. The molecule has 0 atom stereocenters. The lowest BCUT2D eigenvalue weighted by molar-refractivity contribution is 0.0692. The van der Waals surface area contributed by atoms with Gasteiger partial charge < -0.3 is 19.9 Å². The lowest BCUT2D eigenvalue weighted by Gasteiger charge is -2.13. The number of anilines is 1. The molecular formula is C24H26ClN3O4. The van der Waals surface area contributed by atoms with Gasteiger partial charge in [0.2, 0.25) is 5.95 Å². The van der Waals surface area contributed by atoms with E-state index in [9.17, 15) is 9.90 Å². The third-order valence-electron chi connectivity index (χ3n) is 5.08. The van der Waals surface area contributed by atoms with E-state index in [1.165, 1.54) is 11.8 Å². The number of carboxylic acid groups (broad SMARTS) is 1. The minimum Gasteiger partial charge on any atom is -0.491 e. The van der Waals surface area contributed by atoms with Crippen molar-refractivity contribution in [3.8, 4) is 11.5 Å². The van der Waals surface area contributed by atoms with Crippen LogP contribution in [0.5, 0.6) is 11.5 Å². The van der Waals surface area contributed by atoms with Crippen molar-refractivity contribution in [2.75, 3.05) is 18.5 Å². The molecule has 0 unspecified atom stereocenters. The Labute approximate surface area is 192 Å². The van der Waals surface area contributed by atoms with Crippen LogP contribution in [0.3, 0.4) is 0 Å². The Bertz CT molecular complexity index is 1110. The van der Waals surface area contributed by atoms with Gasteiger partial charge in [-0.25, -0.2) is 14.8 Å². The van der Waals surface area contributed by atoms with Crippen LogP contribution in [0.25, 0.3) is 0 Å². The molecule has 8 heteroatoms. The summed E-state index contributed by atoms with van der Waals surface area (Å²) in [6.45, 7) is 8.67. The van der Waals surface area contributed by atoms with E-state index in [0.717, 1.165) is 22.4 Å². The van der Waals surface area contributed by atoms with Crippen LogP contribution in [0.4, 0.5) is 5.95 Å². The van der Waals surface area contributed by atoms with Gasteiger partial charge in [0.05, 0.1) is 12.2 Å². The summed E-state index contributed by atoms with van der Waals surface area (Å²) in [5, 5.41) is 13.2. The Morgan fingerprint density at radius 2 is 1.81 bits per heavy atom. The summed E-state index contributed by atoms with van der Waals surface area (Å²) in [7, 11) is 0. The van der Waals surface area contributed by atoms with Crippen LogP contribution < -0.4 is 14.8 Å². The van der Waals surface area contributed by atoms with Gasteiger partial charge in [-0.3, -0.25) is 0 Å². The third kappa shape index (κ3) is 5.68. The summed E-state index contributed by atoms with van der Waals surface area (Å²) in [4.78, 5) is 20.0. The van der Waals surface area contributed by atoms with Crippen molar-refractivity contribution in [2.45, 2.75) is 34.3 Å². The number of aromatic carboxylic acids is 1. The zero-order chi connectivity index (χ0) is 23.3. The Morgan fingerprint density at radius 1 is 1.09 bits per heavy atom. The predicted molar refractivity (Wildman–Crippen MR) is 124 cm³/mol. The summed E-state index contributed by atoms with van der Waals surface area (Å²) in [6.07, 6.45) is 1.28. The van der Waals surface area contributed by atoms with Gasteiger partial charge in [0, 0.05) is 11.2 Å². The van der Waals surface area contributed by atoms with E-state index >= 15 is 0 Å². The average molecular weight is 456 g/mol. The number of hydrogen-bond donors (Lipinski definition) is 2. The van der Waals surface area contributed by atoms with E-state index < -0.39 is 5.97 Å². The first-order chi connectivity index (χ1) is 15.3. The number of carboxylic acids is 1. The summed E-state index contributed by atoms with van der Waals surface area (Å²) >= 11 is 6.20. The number of hydrogen-bond acceptors (Lipinski definition) is 6. The number of halogens is 1. The monoisotopic (exact) mass is 455 g/mol. The molecule has 7 nitrogen and oxygen atoms in total. The maximum Gasteiger partial charge on any atom is 0.339 e. The smallest absolute Gasteiger partial charge is 0.339 e. The molecule has 3 rings (SSSR count). The van der Waals surface area contributed by atoms with Gasteiger partial charge in [-0.1, -0.05) is 23.7 Å². The Kier molecular flexibility index (Phi) is 7.53. The molecular weight excluding hydrogens is 430 g/mol. The van der Waals surface area contributed by atoms with Gasteiger partial charge in [0.1, 0.15) is 30.3 Å². The summed E-state index contributed by atoms with van der Waals surface area (Å²) in [6, 6.07) is 9.53. The van der Waals surface area contributed by atoms with Crippen LogP contribution in [-0.4, -0.2) is 34.2 Å². The highest BCUT2D eigenvalue weighted by atomic mass is 35.5. The zero-order valence-electron chi connectivity index (χ0n) is 18.5. The van der Waals surface area contributed by atoms with E-state index in [0.29, 0.717) is 29.9 Å². The molecule has 1 heterocycles. The first kappa shape index (κ1) is 23.3. The fraction of sp³-hybridized carbons (Fsp3) is 0.292. The van der Waals surface area contributed by atoms with Crippen molar-refractivity contribution < 1.29 is 19.4 Å². The van der Waals surface area contributed by atoms with Crippen LogP contribution in [-0.2, 0) is 6.61 Å². The van der Waals surface area contributed by atoms with Crippen molar-refractivity contribution in [1.82, 2.24) is 9.97 Å². The van der Waals surface area contributed by atoms with Crippen molar-refractivity contribution in [1.29, 1.82) is 0 Å². The van der Waals surface area contributed by atoms with Gasteiger partial charge in [-0.2, -0.15) is 0 Å². The third-order valence-corrected chi connectivity index (χ3v) is 5.68. The highest BCUT2D eigenvalue weighted by molar-refractivity contribution is 6.32. The van der Waals surface area contributed by atoms with Crippen LogP contribution in [0, 0.1) is 27.7 Å². The lowest BCUT2D eigenvalue weighted by Crippen LogP contribution is -2.16. The molecule has 3 aromatic rings. The molecule has 0 amide bonds. The minimum absolute atomic E-state index is 0.00964. The fourth-order valence-corrected chi connectivity index (χ4v) is 3.25. The highest BCUT2D eigenvalue weighted by Gasteiger charge is 2.15. The van der Waals surface area contributed by atoms with Crippen LogP contribution in [0.1, 0.15) is 38.3 Å². The van der Waals surface area contributed by atoms with Crippen molar-refractivity contribution in [2.24, 2.45) is 0 Å². The molecule has 0 aliphatic rings. The molecule has 0 spiro atoms. The molecule has 0 saturated heterocycles. The molecule has 2 aromatic carbocycles. The molecule has 0 radical (unpaired) electrons. The average Bonchev–Trinajstić information content (AvgIpc) is 2.76. The van der Waals surface area contributed by atoms with Crippen molar-refractivity contribution >= 4 is 23.5 Å². The lowest BCUT2D eigenvalue weighted by atomic mass is 10.1. The molecule has 0 saturated carbocycles. The molecule has 2 N–H and O–H groups in total. The van der Waals surface area contributed by atoms with E-state index in [1.807, 2.05) is 45.9 Å². The number of aromatic nitrogens is 2. The molecule has 1 aromatic heterocycles. The Morgan fingerprint density at radius 3 is 2.50 bits per heavy atom. The van der Waals surface area contributed by atoms with Gasteiger partial charge >= 0.3 is 5.97 Å². The van der Waals surface area contributed by atoms with Crippen LogP contribution in [0.15, 0.2) is 36.5 Å².